The van der Waals surface area contributed by atoms with E-state index >= 15 is 0 Å². The maximum Gasteiger partial charge on any atom is 0.338 e. The summed E-state index contributed by atoms with van der Waals surface area (Å²) >= 11 is 0. The van der Waals surface area contributed by atoms with Crippen molar-refractivity contribution in [3.63, 3.8) is 0 Å². The van der Waals surface area contributed by atoms with Crippen LogP contribution in [0.3, 0.4) is 0 Å². The Kier molecular flexibility index (Phi) is 3.33. The number of aliphatic hydroxyl groups is 1. The third-order valence-corrected chi connectivity index (χ3v) is 1.91. The molecule has 0 amide bonds. The Balaban J connectivity index is 3.29. The number of benzene rings is 1. The second kappa shape index (κ2) is 4.33. The molecule has 6 heteroatoms. The van der Waals surface area contributed by atoms with Crippen molar-refractivity contribution in [1.82, 2.24) is 0 Å². The summed E-state index contributed by atoms with van der Waals surface area (Å²) in [5, 5.41) is 17.2. The summed E-state index contributed by atoms with van der Waals surface area (Å²) < 4.78 is 25.9. The number of aromatic carboxylic acids is 1. The molecule has 0 aliphatic rings. The van der Waals surface area contributed by atoms with Crippen molar-refractivity contribution in [2.45, 2.75) is 6.04 Å². The van der Waals surface area contributed by atoms with Gasteiger partial charge in [0.05, 0.1) is 18.2 Å². The van der Waals surface area contributed by atoms with Gasteiger partial charge in [-0.1, -0.05) is 0 Å². The molecule has 1 atom stereocenters. The smallest absolute Gasteiger partial charge is 0.338 e. The number of hydrogen-bond acceptors (Lipinski definition) is 3. The van der Waals surface area contributed by atoms with Gasteiger partial charge in [-0.3, -0.25) is 0 Å². The van der Waals surface area contributed by atoms with Gasteiger partial charge in [0.1, 0.15) is 0 Å². The largest absolute Gasteiger partial charge is 0.478 e. The molecule has 82 valence electrons. The molecular weight excluding hydrogens is 208 g/mol. The van der Waals surface area contributed by atoms with E-state index in [9.17, 15) is 13.6 Å². The first-order valence-electron chi connectivity index (χ1n) is 4.06. The van der Waals surface area contributed by atoms with Crippen LogP contribution in [-0.2, 0) is 0 Å². The highest BCUT2D eigenvalue weighted by Crippen LogP contribution is 2.18. The van der Waals surface area contributed by atoms with E-state index in [0.29, 0.717) is 0 Å². The SMILES string of the molecule is NC(CO)c1cc(F)c(F)c(C(=O)O)c1. The van der Waals surface area contributed by atoms with Crippen molar-refractivity contribution >= 4 is 5.97 Å². The van der Waals surface area contributed by atoms with Gasteiger partial charge < -0.3 is 15.9 Å². The summed E-state index contributed by atoms with van der Waals surface area (Å²) in [7, 11) is 0. The van der Waals surface area contributed by atoms with Gasteiger partial charge in [-0.2, -0.15) is 0 Å². The molecule has 0 aliphatic heterocycles. The molecule has 0 radical (unpaired) electrons. The van der Waals surface area contributed by atoms with Gasteiger partial charge in [0.25, 0.3) is 0 Å². The minimum Gasteiger partial charge on any atom is -0.478 e. The Morgan fingerprint density at radius 3 is 2.53 bits per heavy atom. The number of aliphatic hydroxyl groups excluding tert-OH is 1. The molecule has 1 unspecified atom stereocenters. The van der Waals surface area contributed by atoms with Gasteiger partial charge >= 0.3 is 5.97 Å². The number of carboxylic acids is 1. The lowest BCUT2D eigenvalue weighted by atomic mass is 10.0. The fourth-order valence-corrected chi connectivity index (χ4v) is 1.09. The lowest BCUT2D eigenvalue weighted by Gasteiger charge is -2.10. The lowest BCUT2D eigenvalue weighted by molar-refractivity contribution is 0.0690. The number of carboxylic acid groups (broad SMARTS) is 1. The molecule has 0 heterocycles. The van der Waals surface area contributed by atoms with Crippen LogP contribution in [0.15, 0.2) is 12.1 Å². The van der Waals surface area contributed by atoms with Crippen LogP contribution in [0, 0.1) is 11.6 Å². The van der Waals surface area contributed by atoms with Crippen LogP contribution in [0.25, 0.3) is 0 Å². The molecule has 0 saturated carbocycles. The first-order valence-corrected chi connectivity index (χ1v) is 4.06. The average Bonchev–Trinajstić information content (AvgIpc) is 2.20. The van der Waals surface area contributed by atoms with Crippen molar-refractivity contribution in [3.05, 3.63) is 34.9 Å². The molecule has 1 aromatic rings. The van der Waals surface area contributed by atoms with Crippen molar-refractivity contribution in [2.75, 3.05) is 6.61 Å². The molecule has 0 saturated heterocycles. The summed E-state index contributed by atoms with van der Waals surface area (Å²) in [5.74, 6) is -4.32. The second-order valence-corrected chi connectivity index (χ2v) is 2.96. The Hall–Kier alpha value is -1.53. The van der Waals surface area contributed by atoms with Crippen LogP contribution < -0.4 is 5.73 Å². The fraction of sp³-hybridized carbons (Fsp3) is 0.222. The quantitative estimate of drug-likeness (QED) is 0.694. The first-order chi connectivity index (χ1) is 6.97. The van der Waals surface area contributed by atoms with Crippen molar-refractivity contribution in [2.24, 2.45) is 5.73 Å². The molecule has 0 spiro atoms. The zero-order chi connectivity index (χ0) is 11.6. The zero-order valence-corrected chi connectivity index (χ0v) is 7.58. The molecule has 0 bridgehead atoms. The van der Waals surface area contributed by atoms with Gasteiger partial charge in [0, 0.05) is 0 Å². The Morgan fingerprint density at radius 1 is 1.47 bits per heavy atom. The summed E-state index contributed by atoms with van der Waals surface area (Å²) in [4.78, 5) is 10.5. The highest BCUT2D eigenvalue weighted by molar-refractivity contribution is 5.88. The first kappa shape index (κ1) is 11.5. The zero-order valence-electron chi connectivity index (χ0n) is 7.58. The molecule has 4 N–H and O–H groups in total. The topological polar surface area (TPSA) is 83.5 Å². The highest BCUT2D eigenvalue weighted by Gasteiger charge is 2.18. The van der Waals surface area contributed by atoms with E-state index in [0.717, 1.165) is 12.1 Å². The molecular formula is C9H9F2NO3. The monoisotopic (exact) mass is 217 g/mol. The van der Waals surface area contributed by atoms with E-state index in [2.05, 4.69) is 0 Å². The van der Waals surface area contributed by atoms with Crippen LogP contribution in [-0.4, -0.2) is 22.8 Å². The van der Waals surface area contributed by atoms with Crippen LogP contribution in [0.4, 0.5) is 8.78 Å². The molecule has 0 aliphatic carbocycles. The summed E-state index contributed by atoms with van der Waals surface area (Å²) in [6.45, 7) is -0.482. The van der Waals surface area contributed by atoms with E-state index in [1.165, 1.54) is 0 Å². The third-order valence-electron chi connectivity index (χ3n) is 1.91. The predicted molar refractivity (Wildman–Crippen MR) is 47.3 cm³/mol. The Labute approximate surface area is 83.9 Å². The maximum absolute atomic E-state index is 12.9. The second-order valence-electron chi connectivity index (χ2n) is 2.96. The van der Waals surface area contributed by atoms with E-state index in [4.69, 9.17) is 15.9 Å². The van der Waals surface area contributed by atoms with Crippen LogP contribution in [0.1, 0.15) is 22.0 Å². The molecule has 4 nitrogen and oxygen atoms in total. The van der Waals surface area contributed by atoms with E-state index in [1.54, 1.807) is 0 Å². The van der Waals surface area contributed by atoms with Crippen LogP contribution in [0.5, 0.6) is 0 Å². The number of carbonyl (C=O) groups is 1. The highest BCUT2D eigenvalue weighted by atomic mass is 19.2. The third kappa shape index (κ3) is 2.28. The molecule has 1 aromatic carbocycles. The van der Waals surface area contributed by atoms with Crippen molar-refractivity contribution < 1.29 is 23.8 Å². The van der Waals surface area contributed by atoms with Gasteiger partial charge in [-0.15, -0.1) is 0 Å². The minimum atomic E-state index is -1.58. The van der Waals surface area contributed by atoms with Gasteiger partial charge in [-0.05, 0) is 17.7 Å². The summed E-state index contributed by atoms with van der Waals surface area (Å²) in [6.07, 6.45) is 0. The van der Waals surface area contributed by atoms with Gasteiger partial charge in [0.15, 0.2) is 11.6 Å². The molecule has 1 rings (SSSR count). The number of rotatable bonds is 3. The van der Waals surface area contributed by atoms with Crippen molar-refractivity contribution in [3.8, 4) is 0 Å². The van der Waals surface area contributed by atoms with Gasteiger partial charge in [-0.25, -0.2) is 13.6 Å². The molecule has 0 fully saturated rings. The fourth-order valence-electron chi connectivity index (χ4n) is 1.09. The average molecular weight is 217 g/mol. The predicted octanol–water partition coefficient (Wildman–Crippen LogP) is 0.655. The standard InChI is InChI=1S/C9H9F2NO3/c10-6-2-4(7(12)3-13)1-5(8(6)11)9(14)15/h1-2,7,13H,3,12H2,(H,14,15). The van der Waals surface area contributed by atoms with Crippen LogP contribution in [0.2, 0.25) is 0 Å². The van der Waals surface area contributed by atoms with Crippen LogP contribution >= 0.6 is 0 Å². The summed E-state index contributed by atoms with van der Waals surface area (Å²) in [5.41, 5.74) is 4.59. The summed E-state index contributed by atoms with van der Waals surface area (Å²) in [6, 6.07) is 0.739. The van der Waals surface area contributed by atoms with Crippen molar-refractivity contribution in [1.29, 1.82) is 0 Å². The molecule has 15 heavy (non-hydrogen) atoms. The normalized spacial score (nSPS) is 12.5. The van der Waals surface area contributed by atoms with E-state index in [-0.39, 0.29) is 5.56 Å². The lowest BCUT2D eigenvalue weighted by Crippen LogP contribution is -2.16. The maximum atomic E-state index is 12.9. The number of halogens is 2. The Bertz CT molecular complexity index is 395. The minimum absolute atomic E-state index is 0.0359. The van der Waals surface area contributed by atoms with E-state index in [1.807, 2.05) is 0 Å². The Morgan fingerprint density at radius 2 is 2.07 bits per heavy atom. The molecule has 0 aromatic heterocycles. The van der Waals surface area contributed by atoms with E-state index < -0.39 is 35.8 Å². The number of hydrogen-bond donors (Lipinski definition) is 3. The number of nitrogens with two attached hydrogens (primary N) is 1. The van der Waals surface area contributed by atoms with Gasteiger partial charge in [0.2, 0.25) is 0 Å².